The molecule has 11 heteroatoms. The monoisotopic (exact) mass is 496 g/mol. The predicted molar refractivity (Wildman–Crippen MR) is 129 cm³/mol. The molecule has 1 aliphatic heterocycles. The number of hydrogen-bond donors (Lipinski definition) is 1. The van der Waals surface area contributed by atoms with Crippen molar-refractivity contribution in [2.24, 2.45) is 5.92 Å². The van der Waals surface area contributed by atoms with Crippen LogP contribution in [0.25, 0.3) is 0 Å². The fourth-order valence-electron chi connectivity index (χ4n) is 3.85. The maximum absolute atomic E-state index is 13.3. The first-order valence-electron chi connectivity index (χ1n) is 10.7. The minimum Gasteiger partial charge on any atom is -0.491 e. The molecule has 3 atom stereocenters. The topological polar surface area (TPSA) is 101 Å². The molecular formula is C22H32N4O5S2. The van der Waals surface area contributed by atoms with Crippen LogP contribution in [0.5, 0.6) is 5.75 Å². The van der Waals surface area contributed by atoms with Gasteiger partial charge in [0.05, 0.1) is 24.5 Å². The Hall–Kier alpha value is -2.21. The molecule has 9 nitrogen and oxygen atoms in total. The Bertz CT molecular complexity index is 1050. The summed E-state index contributed by atoms with van der Waals surface area (Å²) < 4.78 is 37.7. The summed E-state index contributed by atoms with van der Waals surface area (Å²) in [6.07, 6.45) is 2.70. The number of likely N-dealkylation sites (N-methyl/N-ethyl adjacent to an activating group) is 1. The van der Waals surface area contributed by atoms with Gasteiger partial charge in [0.2, 0.25) is 10.0 Å². The molecule has 33 heavy (non-hydrogen) atoms. The summed E-state index contributed by atoms with van der Waals surface area (Å²) in [7, 11) is -0.114. The number of methoxy groups -OCH3 is 1. The number of amides is 1. The van der Waals surface area contributed by atoms with Gasteiger partial charge in [0.1, 0.15) is 17.4 Å². The Morgan fingerprint density at radius 1 is 1.30 bits per heavy atom. The Morgan fingerprint density at radius 2 is 2.06 bits per heavy atom. The van der Waals surface area contributed by atoms with Crippen molar-refractivity contribution >= 4 is 33.0 Å². The maximum atomic E-state index is 13.3. The van der Waals surface area contributed by atoms with Crippen molar-refractivity contribution in [3.8, 4) is 5.75 Å². The molecule has 0 saturated carbocycles. The largest absolute Gasteiger partial charge is 0.491 e. The number of nitrogens with one attached hydrogen (secondary N) is 1. The summed E-state index contributed by atoms with van der Waals surface area (Å²) in [4.78, 5) is 21.6. The zero-order valence-corrected chi connectivity index (χ0v) is 21.3. The highest BCUT2D eigenvalue weighted by molar-refractivity contribution is 7.92. The van der Waals surface area contributed by atoms with Crippen molar-refractivity contribution in [2.45, 2.75) is 32.5 Å². The zero-order valence-electron chi connectivity index (χ0n) is 19.6. The van der Waals surface area contributed by atoms with E-state index in [4.69, 9.17) is 9.47 Å². The third-order valence-electron chi connectivity index (χ3n) is 5.70. The van der Waals surface area contributed by atoms with Gasteiger partial charge in [0.25, 0.3) is 5.91 Å². The van der Waals surface area contributed by atoms with E-state index in [1.165, 1.54) is 6.07 Å². The Morgan fingerprint density at radius 3 is 2.70 bits per heavy atom. The van der Waals surface area contributed by atoms with E-state index in [2.05, 4.69) is 28.5 Å². The van der Waals surface area contributed by atoms with Gasteiger partial charge in [-0.15, -0.1) is 11.3 Å². The van der Waals surface area contributed by atoms with Crippen molar-refractivity contribution in [3.05, 3.63) is 40.3 Å². The van der Waals surface area contributed by atoms with Crippen molar-refractivity contribution in [1.29, 1.82) is 0 Å². The lowest BCUT2D eigenvalue weighted by Gasteiger charge is -2.35. The molecule has 0 bridgehead atoms. The molecule has 182 valence electrons. The minimum absolute atomic E-state index is 0.0442. The average Bonchev–Trinajstić information content (AvgIpc) is 3.26. The van der Waals surface area contributed by atoms with Gasteiger partial charge in [0.15, 0.2) is 0 Å². The first-order valence-corrected chi connectivity index (χ1v) is 13.5. The Balaban J connectivity index is 1.95. The van der Waals surface area contributed by atoms with Crippen LogP contribution in [0.15, 0.2) is 29.8 Å². The van der Waals surface area contributed by atoms with Crippen LogP contribution in [0, 0.1) is 5.92 Å². The number of carbonyl (C=O) groups is 1. The summed E-state index contributed by atoms with van der Waals surface area (Å²) in [6.45, 7) is 6.40. The SMILES string of the molecule is CO[C@H]1CN(C)C(=O)c2cc(NS(C)(=O)=O)ccc2OC[C@@H](C)N(Cc2nccs2)C[C@@H]1C. The Kier molecular flexibility index (Phi) is 8.33. The standard InChI is InChI=1S/C22H32N4O5S2/c1-15-11-26(13-21-23-8-9-32-21)16(2)14-31-19-7-6-17(24-33(5,28)29)10-18(19)22(27)25(3)12-20(15)30-4/h6-10,15-16,20,24H,11-14H2,1-5H3/t15-,16+,20-/m0/s1. The number of rotatable bonds is 5. The number of carbonyl (C=O) groups excluding carboxylic acids is 1. The van der Waals surface area contributed by atoms with Crippen molar-refractivity contribution in [1.82, 2.24) is 14.8 Å². The van der Waals surface area contributed by atoms with Gasteiger partial charge < -0.3 is 14.4 Å². The molecule has 1 aliphatic rings. The van der Waals surface area contributed by atoms with E-state index in [1.807, 2.05) is 5.38 Å². The van der Waals surface area contributed by atoms with E-state index in [0.29, 0.717) is 36.7 Å². The van der Waals surface area contributed by atoms with Gasteiger partial charge in [0, 0.05) is 50.6 Å². The smallest absolute Gasteiger partial charge is 0.257 e. The minimum atomic E-state index is -3.48. The lowest BCUT2D eigenvalue weighted by Crippen LogP contribution is -2.46. The number of benzene rings is 1. The number of aromatic nitrogens is 1. The number of fused-ring (bicyclic) bond motifs is 1. The van der Waals surface area contributed by atoms with Crippen LogP contribution in [0.3, 0.4) is 0 Å². The molecule has 1 aromatic carbocycles. The highest BCUT2D eigenvalue weighted by atomic mass is 32.2. The number of hydrogen-bond acceptors (Lipinski definition) is 8. The highest BCUT2D eigenvalue weighted by Gasteiger charge is 2.29. The molecule has 1 aromatic heterocycles. The number of thiazole rings is 1. The molecular weight excluding hydrogens is 464 g/mol. The molecule has 2 heterocycles. The number of nitrogens with zero attached hydrogens (tertiary/aromatic N) is 3. The fourth-order valence-corrected chi connectivity index (χ4v) is 5.05. The first-order chi connectivity index (χ1) is 15.6. The second kappa shape index (κ2) is 10.8. The number of sulfonamides is 1. The van der Waals surface area contributed by atoms with Gasteiger partial charge in [-0.25, -0.2) is 13.4 Å². The first kappa shape index (κ1) is 25.4. The molecule has 3 rings (SSSR count). The van der Waals surface area contributed by atoms with E-state index in [1.54, 1.807) is 48.7 Å². The third-order valence-corrected chi connectivity index (χ3v) is 7.07. The van der Waals surface area contributed by atoms with E-state index in [0.717, 1.165) is 17.8 Å². The van der Waals surface area contributed by atoms with Crippen LogP contribution in [0.2, 0.25) is 0 Å². The van der Waals surface area contributed by atoms with Crippen LogP contribution in [0.1, 0.15) is 29.2 Å². The van der Waals surface area contributed by atoms with Crippen molar-refractivity contribution in [2.75, 3.05) is 44.8 Å². The van der Waals surface area contributed by atoms with E-state index in [-0.39, 0.29) is 24.0 Å². The summed E-state index contributed by atoms with van der Waals surface area (Å²) in [5, 5.41) is 2.99. The number of ether oxygens (including phenoxy) is 2. The fraction of sp³-hybridized carbons (Fsp3) is 0.545. The Labute approximate surface area is 199 Å². The molecule has 1 N–H and O–H groups in total. The number of anilines is 1. The van der Waals surface area contributed by atoms with Crippen LogP contribution < -0.4 is 9.46 Å². The van der Waals surface area contributed by atoms with Gasteiger partial charge in [-0.05, 0) is 31.0 Å². The van der Waals surface area contributed by atoms with E-state index >= 15 is 0 Å². The van der Waals surface area contributed by atoms with Crippen LogP contribution in [0.4, 0.5) is 5.69 Å². The molecule has 0 spiro atoms. The summed E-state index contributed by atoms with van der Waals surface area (Å²) in [5.74, 6) is 0.295. The highest BCUT2D eigenvalue weighted by Crippen LogP contribution is 2.27. The summed E-state index contributed by atoms with van der Waals surface area (Å²) in [5.41, 5.74) is 0.608. The zero-order chi connectivity index (χ0) is 24.2. The van der Waals surface area contributed by atoms with Crippen LogP contribution >= 0.6 is 11.3 Å². The quantitative estimate of drug-likeness (QED) is 0.679. The lowest BCUT2D eigenvalue weighted by atomic mass is 10.0. The summed E-state index contributed by atoms with van der Waals surface area (Å²) in [6, 6.07) is 4.79. The van der Waals surface area contributed by atoms with Crippen molar-refractivity contribution < 1.29 is 22.7 Å². The van der Waals surface area contributed by atoms with Crippen LogP contribution in [-0.2, 0) is 21.3 Å². The maximum Gasteiger partial charge on any atom is 0.257 e. The molecule has 0 saturated heterocycles. The lowest BCUT2D eigenvalue weighted by molar-refractivity contribution is 0.00921. The van der Waals surface area contributed by atoms with Crippen molar-refractivity contribution in [3.63, 3.8) is 0 Å². The molecule has 0 fully saturated rings. The van der Waals surface area contributed by atoms with Gasteiger partial charge in [-0.2, -0.15) is 0 Å². The van der Waals surface area contributed by atoms with E-state index < -0.39 is 10.0 Å². The predicted octanol–water partition coefficient (Wildman–Crippen LogP) is 2.52. The molecule has 0 radical (unpaired) electrons. The average molecular weight is 497 g/mol. The molecule has 0 unspecified atom stereocenters. The second-order valence-corrected chi connectivity index (χ2v) is 11.3. The van der Waals surface area contributed by atoms with E-state index in [9.17, 15) is 13.2 Å². The third kappa shape index (κ3) is 6.89. The van der Waals surface area contributed by atoms with Gasteiger partial charge >= 0.3 is 0 Å². The molecule has 0 aliphatic carbocycles. The summed E-state index contributed by atoms with van der Waals surface area (Å²) >= 11 is 1.62. The normalized spacial score (nSPS) is 23.2. The second-order valence-electron chi connectivity index (χ2n) is 8.54. The van der Waals surface area contributed by atoms with Gasteiger partial charge in [-0.1, -0.05) is 6.92 Å². The molecule has 2 aromatic rings. The molecule has 1 amide bonds. The van der Waals surface area contributed by atoms with Crippen LogP contribution in [-0.4, -0.2) is 81.4 Å². The van der Waals surface area contributed by atoms with Gasteiger partial charge in [-0.3, -0.25) is 14.4 Å².